The monoisotopic (exact) mass is 399 g/mol. The Morgan fingerprint density at radius 2 is 1.83 bits per heavy atom. The number of carbonyl (C=O) groups is 1. The number of Topliss-reactive ketones (excluding diaryl/α,β-unsaturated/α-hetero) is 1. The summed E-state index contributed by atoms with van der Waals surface area (Å²) in [4.78, 5) is 17.2. The van der Waals surface area contributed by atoms with Crippen LogP contribution in [-0.4, -0.2) is 25.1 Å². The van der Waals surface area contributed by atoms with Crippen molar-refractivity contribution in [3.63, 3.8) is 0 Å². The summed E-state index contributed by atoms with van der Waals surface area (Å²) in [6.45, 7) is 0.855. The molecule has 0 saturated carbocycles. The Morgan fingerprint density at radius 1 is 1.07 bits per heavy atom. The maximum Gasteiger partial charge on any atom is 0.185 e. The van der Waals surface area contributed by atoms with Crippen LogP contribution in [-0.2, 0) is 6.54 Å². The van der Waals surface area contributed by atoms with Crippen LogP contribution in [0.25, 0.3) is 0 Å². The van der Waals surface area contributed by atoms with E-state index in [1.807, 2.05) is 25.2 Å². The van der Waals surface area contributed by atoms with Gasteiger partial charge in [-0.25, -0.2) is 4.39 Å². The molecule has 4 nitrogen and oxygen atoms in total. The second-order valence-electron chi connectivity index (χ2n) is 7.78. The predicted octanol–water partition coefficient (Wildman–Crippen LogP) is 4.48. The SMILES string of the molecule is CNCc1ccc(C2C3=NCC(=O)c4cc(F)cc(c43)NC2c2ccccc2)cc1. The Labute approximate surface area is 174 Å². The Bertz CT molecular complexity index is 1140. The third kappa shape index (κ3) is 3.12. The lowest BCUT2D eigenvalue weighted by Gasteiger charge is -2.38. The molecule has 30 heavy (non-hydrogen) atoms. The van der Waals surface area contributed by atoms with E-state index in [1.165, 1.54) is 17.7 Å². The molecule has 150 valence electrons. The van der Waals surface area contributed by atoms with E-state index in [4.69, 9.17) is 4.99 Å². The van der Waals surface area contributed by atoms with E-state index >= 15 is 0 Å². The Kier molecular flexibility index (Phi) is 4.68. The van der Waals surface area contributed by atoms with E-state index in [-0.39, 0.29) is 24.3 Å². The summed E-state index contributed by atoms with van der Waals surface area (Å²) in [6, 6.07) is 21.3. The normalized spacial score (nSPS) is 19.7. The Hall–Kier alpha value is -3.31. The average molecular weight is 399 g/mol. The van der Waals surface area contributed by atoms with E-state index in [0.29, 0.717) is 11.3 Å². The van der Waals surface area contributed by atoms with Gasteiger partial charge in [-0.1, -0.05) is 54.6 Å². The first-order chi connectivity index (χ1) is 14.7. The number of carbonyl (C=O) groups excluding carboxylic acids is 1. The van der Waals surface area contributed by atoms with E-state index < -0.39 is 5.82 Å². The maximum absolute atomic E-state index is 14.3. The van der Waals surface area contributed by atoms with Crippen molar-refractivity contribution in [3.8, 4) is 0 Å². The topological polar surface area (TPSA) is 53.5 Å². The van der Waals surface area contributed by atoms with Crippen molar-refractivity contribution >= 4 is 17.2 Å². The van der Waals surface area contributed by atoms with E-state index in [2.05, 4.69) is 47.0 Å². The molecule has 2 N–H and O–H groups in total. The summed E-state index contributed by atoms with van der Waals surface area (Å²) < 4.78 is 14.3. The summed E-state index contributed by atoms with van der Waals surface area (Å²) in [6.07, 6.45) is 0. The highest BCUT2D eigenvalue weighted by atomic mass is 19.1. The van der Waals surface area contributed by atoms with Gasteiger partial charge < -0.3 is 10.6 Å². The first-order valence-electron chi connectivity index (χ1n) is 10.1. The summed E-state index contributed by atoms with van der Waals surface area (Å²) in [5.41, 5.74) is 6.06. The predicted molar refractivity (Wildman–Crippen MR) is 117 cm³/mol. The zero-order valence-corrected chi connectivity index (χ0v) is 16.7. The number of benzene rings is 3. The van der Waals surface area contributed by atoms with Crippen LogP contribution in [0.5, 0.6) is 0 Å². The number of nitrogens with zero attached hydrogens (tertiary/aromatic N) is 1. The van der Waals surface area contributed by atoms with Gasteiger partial charge in [0.2, 0.25) is 0 Å². The first kappa shape index (κ1) is 18.7. The molecule has 2 atom stereocenters. The molecular formula is C25H22FN3O. The second kappa shape index (κ2) is 7.50. The molecule has 5 rings (SSSR count). The fraction of sp³-hybridized carbons (Fsp3) is 0.200. The van der Waals surface area contributed by atoms with Crippen molar-refractivity contribution in [1.82, 2.24) is 5.32 Å². The molecule has 0 aromatic heterocycles. The molecule has 2 unspecified atom stereocenters. The molecule has 3 aromatic carbocycles. The summed E-state index contributed by atoms with van der Waals surface area (Å²) in [5.74, 6) is -0.633. The summed E-state index contributed by atoms with van der Waals surface area (Å²) in [7, 11) is 1.93. The van der Waals surface area contributed by atoms with Crippen molar-refractivity contribution < 1.29 is 9.18 Å². The lowest BCUT2D eigenvalue weighted by molar-refractivity contribution is 0.0999. The summed E-state index contributed by atoms with van der Waals surface area (Å²) >= 11 is 0. The third-order valence-electron chi connectivity index (χ3n) is 5.87. The zero-order chi connectivity index (χ0) is 20.7. The fourth-order valence-electron chi connectivity index (χ4n) is 4.53. The van der Waals surface area contributed by atoms with Crippen LogP contribution < -0.4 is 10.6 Å². The van der Waals surface area contributed by atoms with Gasteiger partial charge in [-0.15, -0.1) is 0 Å². The van der Waals surface area contributed by atoms with Gasteiger partial charge >= 0.3 is 0 Å². The van der Waals surface area contributed by atoms with E-state index in [1.54, 1.807) is 0 Å². The number of halogens is 1. The lowest BCUT2D eigenvalue weighted by Crippen LogP contribution is -2.36. The maximum atomic E-state index is 14.3. The second-order valence-corrected chi connectivity index (χ2v) is 7.78. The molecule has 0 spiro atoms. The Morgan fingerprint density at radius 3 is 2.57 bits per heavy atom. The van der Waals surface area contributed by atoms with Crippen LogP contribution in [0.1, 0.15) is 44.6 Å². The molecule has 0 radical (unpaired) electrons. The van der Waals surface area contributed by atoms with Crippen LogP contribution in [0.3, 0.4) is 0 Å². The molecular weight excluding hydrogens is 377 g/mol. The lowest BCUT2D eigenvalue weighted by atomic mass is 9.75. The minimum atomic E-state index is -0.410. The number of nitrogens with one attached hydrogen (secondary N) is 2. The molecule has 0 amide bonds. The van der Waals surface area contributed by atoms with E-state index in [0.717, 1.165) is 28.9 Å². The third-order valence-corrected chi connectivity index (χ3v) is 5.87. The van der Waals surface area contributed by atoms with Gasteiger partial charge in [0.25, 0.3) is 0 Å². The van der Waals surface area contributed by atoms with Crippen LogP contribution in [0.15, 0.2) is 71.7 Å². The van der Waals surface area contributed by atoms with Gasteiger partial charge in [-0.3, -0.25) is 9.79 Å². The van der Waals surface area contributed by atoms with Crippen LogP contribution in [0, 0.1) is 5.82 Å². The highest BCUT2D eigenvalue weighted by molar-refractivity contribution is 6.21. The minimum Gasteiger partial charge on any atom is -0.377 e. The quantitative estimate of drug-likeness (QED) is 0.680. The van der Waals surface area contributed by atoms with Gasteiger partial charge in [0.05, 0.1) is 17.7 Å². The van der Waals surface area contributed by atoms with E-state index in [9.17, 15) is 9.18 Å². The average Bonchev–Trinajstić information content (AvgIpc) is 2.77. The fourth-order valence-corrected chi connectivity index (χ4v) is 4.53. The van der Waals surface area contributed by atoms with Crippen LogP contribution >= 0.6 is 0 Å². The van der Waals surface area contributed by atoms with Crippen molar-refractivity contribution in [2.45, 2.75) is 18.5 Å². The van der Waals surface area contributed by atoms with Crippen molar-refractivity contribution in [3.05, 3.63) is 100 Å². The number of ketones is 1. The van der Waals surface area contributed by atoms with Gasteiger partial charge in [-0.05, 0) is 35.9 Å². The molecule has 0 saturated heterocycles. The standard InChI is InChI=1S/C25H22FN3O/c1-27-13-15-7-9-16(10-8-15)22-24(17-5-3-2-4-6-17)29-20-12-18(26)11-19-21(30)14-28-25(22)23(19)20/h2-12,22,24,27,29H,13-14H2,1H3. The minimum absolute atomic E-state index is 0.0566. The van der Waals surface area contributed by atoms with Gasteiger partial charge in [0.15, 0.2) is 5.78 Å². The Balaban J connectivity index is 1.69. The number of aliphatic imine (C=N–C) groups is 1. The molecule has 0 aliphatic carbocycles. The van der Waals surface area contributed by atoms with Crippen molar-refractivity contribution in [2.75, 3.05) is 18.9 Å². The highest BCUT2D eigenvalue weighted by Crippen LogP contribution is 2.45. The number of rotatable bonds is 4. The molecule has 0 bridgehead atoms. The van der Waals surface area contributed by atoms with Gasteiger partial charge in [0, 0.05) is 23.4 Å². The van der Waals surface area contributed by atoms with Crippen molar-refractivity contribution in [2.24, 2.45) is 4.99 Å². The molecule has 3 aromatic rings. The molecule has 5 heteroatoms. The smallest absolute Gasteiger partial charge is 0.185 e. The number of hydrogen-bond donors (Lipinski definition) is 2. The molecule has 2 aliphatic rings. The number of hydrogen-bond acceptors (Lipinski definition) is 4. The molecule has 0 fully saturated rings. The summed E-state index contributed by atoms with van der Waals surface area (Å²) in [5, 5.41) is 6.68. The largest absolute Gasteiger partial charge is 0.377 e. The number of anilines is 1. The van der Waals surface area contributed by atoms with Crippen LogP contribution in [0.4, 0.5) is 10.1 Å². The van der Waals surface area contributed by atoms with Crippen molar-refractivity contribution in [1.29, 1.82) is 0 Å². The van der Waals surface area contributed by atoms with Gasteiger partial charge in [-0.2, -0.15) is 0 Å². The highest BCUT2D eigenvalue weighted by Gasteiger charge is 2.39. The zero-order valence-electron chi connectivity index (χ0n) is 16.7. The van der Waals surface area contributed by atoms with Crippen LogP contribution in [0.2, 0.25) is 0 Å². The first-order valence-corrected chi connectivity index (χ1v) is 10.1. The molecule has 2 heterocycles. The molecule has 2 aliphatic heterocycles. The van der Waals surface area contributed by atoms with Gasteiger partial charge in [0.1, 0.15) is 12.4 Å².